The minimum absolute atomic E-state index is 0.174. The van der Waals surface area contributed by atoms with Crippen molar-refractivity contribution in [1.82, 2.24) is 9.55 Å². The normalized spacial score (nSPS) is 13.0. The predicted octanol–water partition coefficient (Wildman–Crippen LogP) is 2.35. The van der Waals surface area contributed by atoms with Crippen LogP contribution in [0.5, 0.6) is 0 Å². The molecule has 1 unspecified atom stereocenters. The molecular formula is C15H23N3O. The fourth-order valence-corrected chi connectivity index (χ4v) is 2.40. The third-order valence-electron chi connectivity index (χ3n) is 3.26. The molecule has 0 saturated heterocycles. The molecule has 0 fully saturated rings. The van der Waals surface area contributed by atoms with Crippen LogP contribution in [0.25, 0.3) is 11.0 Å². The van der Waals surface area contributed by atoms with Crippen molar-refractivity contribution in [3.8, 4) is 0 Å². The lowest BCUT2D eigenvalue weighted by molar-refractivity contribution is 0.191. The highest BCUT2D eigenvalue weighted by Gasteiger charge is 2.10. The van der Waals surface area contributed by atoms with Gasteiger partial charge in [-0.3, -0.25) is 0 Å². The first-order chi connectivity index (χ1) is 9.22. The zero-order valence-electron chi connectivity index (χ0n) is 11.8. The number of hydrogen-bond acceptors (Lipinski definition) is 3. The average molecular weight is 261 g/mol. The summed E-state index contributed by atoms with van der Waals surface area (Å²) in [6.07, 6.45) is 7.13. The molecule has 2 aromatic rings. The van der Waals surface area contributed by atoms with E-state index in [4.69, 9.17) is 10.5 Å². The monoisotopic (exact) mass is 261 g/mol. The van der Waals surface area contributed by atoms with Gasteiger partial charge in [-0.1, -0.05) is 0 Å². The second-order valence-corrected chi connectivity index (χ2v) is 5.10. The van der Waals surface area contributed by atoms with Crippen molar-refractivity contribution in [3.63, 3.8) is 0 Å². The van der Waals surface area contributed by atoms with E-state index >= 15 is 0 Å². The highest BCUT2D eigenvalue weighted by molar-refractivity contribution is 5.80. The zero-order valence-corrected chi connectivity index (χ0v) is 11.8. The Hall–Kier alpha value is -1.39. The van der Waals surface area contributed by atoms with Gasteiger partial charge in [0, 0.05) is 44.1 Å². The van der Waals surface area contributed by atoms with E-state index in [9.17, 15) is 0 Å². The average Bonchev–Trinajstić information content (AvgIpc) is 2.73. The summed E-state index contributed by atoms with van der Waals surface area (Å²) in [5, 5.41) is 1.23. The number of nitrogens with zero attached hydrogens (tertiary/aromatic N) is 2. The van der Waals surface area contributed by atoms with E-state index in [0.29, 0.717) is 0 Å². The van der Waals surface area contributed by atoms with Crippen molar-refractivity contribution < 1.29 is 4.74 Å². The summed E-state index contributed by atoms with van der Waals surface area (Å²) in [5.41, 5.74) is 8.28. The highest BCUT2D eigenvalue weighted by atomic mass is 16.5. The number of ether oxygens (including phenoxy) is 1. The quantitative estimate of drug-likeness (QED) is 0.778. The van der Waals surface area contributed by atoms with E-state index in [-0.39, 0.29) is 6.04 Å². The first-order valence-electron chi connectivity index (χ1n) is 6.89. The van der Waals surface area contributed by atoms with E-state index in [1.807, 2.05) is 19.2 Å². The summed E-state index contributed by atoms with van der Waals surface area (Å²) < 4.78 is 7.32. The maximum Gasteiger partial charge on any atom is 0.140 e. The largest absolute Gasteiger partial charge is 0.385 e. The summed E-state index contributed by atoms with van der Waals surface area (Å²) in [4.78, 5) is 4.50. The highest BCUT2D eigenvalue weighted by Crippen LogP contribution is 2.21. The van der Waals surface area contributed by atoms with Crippen LogP contribution in [0.2, 0.25) is 0 Å². The maximum atomic E-state index is 5.92. The summed E-state index contributed by atoms with van der Waals surface area (Å²) >= 11 is 0. The van der Waals surface area contributed by atoms with Gasteiger partial charge in [-0.05, 0) is 43.9 Å². The van der Waals surface area contributed by atoms with Gasteiger partial charge in [-0.15, -0.1) is 0 Å². The third-order valence-corrected chi connectivity index (χ3v) is 3.26. The SMILES string of the molecule is COCCCCn1cc(CC(C)N)c2cccnc21. The van der Waals surface area contributed by atoms with Crippen molar-refractivity contribution in [2.24, 2.45) is 5.73 Å². The summed E-state index contributed by atoms with van der Waals surface area (Å²) in [7, 11) is 1.74. The Labute approximate surface area is 114 Å². The standard InChI is InChI=1S/C15H23N3O/c1-12(16)10-13-11-18(8-3-4-9-19-2)15-14(13)6-5-7-17-15/h5-7,11-12H,3-4,8-10,16H2,1-2H3. The van der Waals surface area contributed by atoms with Crippen LogP contribution in [-0.2, 0) is 17.7 Å². The Kier molecular flexibility index (Phi) is 4.93. The second kappa shape index (κ2) is 6.68. The van der Waals surface area contributed by atoms with Crippen LogP contribution < -0.4 is 5.73 Å². The van der Waals surface area contributed by atoms with Gasteiger partial charge in [0.2, 0.25) is 0 Å². The Morgan fingerprint density at radius 3 is 3.00 bits per heavy atom. The van der Waals surface area contributed by atoms with Crippen LogP contribution in [0.15, 0.2) is 24.5 Å². The first-order valence-corrected chi connectivity index (χ1v) is 6.89. The van der Waals surface area contributed by atoms with Crippen LogP contribution in [0, 0.1) is 0 Å². The number of pyridine rings is 1. The number of aryl methyl sites for hydroxylation is 1. The van der Waals surface area contributed by atoms with Gasteiger partial charge in [0.25, 0.3) is 0 Å². The predicted molar refractivity (Wildman–Crippen MR) is 78.2 cm³/mol. The van der Waals surface area contributed by atoms with E-state index in [1.165, 1.54) is 10.9 Å². The van der Waals surface area contributed by atoms with Crippen LogP contribution in [0.1, 0.15) is 25.3 Å². The lowest BCUT2D eigenvalue weighted by atomic mass is 10.1. The molecule has 4 heteroatoms. The molecule has 104 valence electrons. The third kappa shape index (κ3) is 3.55. The molecule has 0 saturated carbocycles. The number of methoxy groups -OCH3 is 1. The number of hydrogen-bond donors (Lipinski definition) is 1. The Bertz CT molecular complexity index is 519. The number of rotatable bonds is 7. The molecule has 2 N–H and O–H groups in total. The van der Waals surface area contributed by atoms with Crippen LogP contribution >= 0.6 is 0 Å². The Balaban J connectivity index is 2.18. The fourth-order valence-electron chi connectivity index (χ4n) is 2.40. The van der Waals surface area contributed by atoms with Gasteiger partial charge in [0.05, 0.1) is 0 Å². The lowest BCUT2D eigenvalue weighted by Gasteiger charge is -2.04. The minimum Gasteiger partial charge on any atom is -0.385 e. The van der Waals surface area contributed by atoms with E-state index in [2.05, 4.69) is 21.8 Å². The fraction of sp³-hybridized carbons (Fsp3) is 0.533. The molecular weight excluding hydrogens is 238 g/mol. The zero-order chi connectivity index (χ0) is 13.7. The maximum absolute atomic E-state index is 5.92. The smallest absolute Gasteiger partial charge is 0.140 e. The lowest BCUT2D eigenvalue weighted by Crippen LogP contribution is -2.17. The molecule has 0 spiro atoms. The molecule has 2 aromatic heterocycles. The van der Waals surface area contributed by atoms with Gasteiger partial charge in [0.15, 0.2) is 0 Å². The Morgan fingerprint density at radius 1 is 1.42 bits per heavy atom. The molecule has 1 atom stereocenters. The molecule has 19 heavy (non-hydrogen) atoms. The summed E-state index contributed by atoms with van der Waals surface area (Å²) in [6, 6.07) is 4.29. The minimum atomic E-state index is 0.174. The molecule has 4 nitrogen and oxygen atoms in total. The second-order valence-electron chi connectivity index (χ2n) is 5.10. The van der Waals surface area contributed by atoms with Crippen molar-refractivity contribution in [2.45, 2.75) is 38.8 Å². The van der Waals surface area contributed by atoms with Crippen molar-refractivity contribution in [2.75, 3.05) is 13.7 Å². The van der Waals surface area contributed by atoms with Gasteiger partial charge < -0.3 is 15.0 Å². The summed E-state index contributed by atoms with van der Waals surface area (Å²) in [6.45, 7) is 3.84. The molecule has 0 aliphatic rings. The van der Waals surface area contributed by atoms with Crippen molar-refractivity contribution in [3.05, 3.63) is 30.1 Å². The van der Waals surface area contributed by atoms with Crippen LogP contribution in [0.4, 0.5) is 0 Å². The van der Waals surface area contributed by atoms with Crippen LogP contribution in [-0.4, -0.2) is 29.3 Å². The van der Waals surface area contributed by atoms with E-state index in [0.717, 1.165) is 38.1 Å². The van der Waals surface area contributed by atoms with Gasteiger partial charge in [-0.2, -0.15) is 0 Å². The van der Waals surface area contributed by atoms with Gasteiger partial charge in [-0.25, -0.2) is 4.98 Å². The molecule has 0 bridgehead atoms. The number of nitrogens with two attached hydrogens (primary N) is 1. The number of fused-ring (bicyclic) bond motifs is 1. The van der Waals surface area contributed by atoms with Crippen molar-refractivity contribution >= 4 is 11.0 Å². The molecule has 2 heterocycles. The number of aromatic nitrogens is 2. The molecule has 0 aromatic carbocycles. The van der Waals surface area contributed by atoms with Gasteiger partial charge in [0.1, 0.15) is 5.65 Å². The topological polar surface area (TPSA) is 53.1 Å². The van der Waals surface area contributed by atoms with Crippen molar-refractivity contribution in [1.29, 1.82) is 0 Å². The van der Waals surface area contributed by atoms with Gasteiger partial charge >= 0.3 is 0 Å². The van der Waals surface area contributed by atoms with E-state index in [1.54, 1.807) is 7.11 Å². The molecule has 0 amide bonds. The number of unbranched alkanes of at least 4 members (excludes halogenated alkanes) is 1. The molecule has 0 radical (unpaired) electrons. The first kappa shape index (κ1) is 14.0. The van der Waals surface area contributed by atoms with Crippen LogP contribution in [0.3, 0.4) is 0 Å². The van der Waals surface area contributed by atoms with E-state index < -0.39 is 0 Å². The molecule has 0 aliphatic heterocycles. The summed E-state index contributed by atoms with van der Waals surface area (Å²) in [5.74, 6) is 0. The molecule has 2 rings (SSSR count). The molecule has 0 aliphatic carbocycles. The Morgan fingerprint density at radius 2 is 2.26 bits per heavy atom.